The molecule has 126 valence electrons. The van der Waals surface area contributed by atoms with Crippen LogP contribution in [-0.2, 0) is 11.2 Å². The second-order valence-corrected chi connectivity index (χ2v) is 5.84. The molecule has 4 nitrogen and oxygen atoms in total. The SMILES string of the molecule is CN=C(NCCCCOCCc1ccccc1)NC1CC=CC1. The van der Waals surface area contributed by atoms with Crippen molar-refractivity contribution in [2.75, 3.05) is 26.8 Å². The van der Waals surface area contributed by atoms with Crippen molar-refractivity contribution in [3.8, 4) is 0 Å². The van der Waals surface area contributed by atoms with Gasteiger partial charge in [-0.1, -0.05) is 42.5 Å². The van der Waals surface area contributed by atoms with Crippen LogP contribution in [0.4, 0.5) is 0 Å². The number of benzene rings is 1. The monoisotopic (exact) mass is 315 g/mol. The maximum Gasteiger partial charge on any atom is 0.191 e. The van der Waals surface area contributed by atoms with Crippen LogP contribution in [0, 0.1) is 0 Å². The third-order valence-electron chi connectivity index (χ3n) is 3.96. The Morgan fingerprint density at radius 3 is 2.65 bits per heavy atom. The molecule has 4 heteroatoms. The predicted molar refractivity (Wildman–Crippen MR) is 96.9 cm³/mol. The van der Waals surface area contributed by atoms with Crippen LogP contribution in [0.5, 0.6) is 0 Å². The third kappa shape index (κ3) is 7.33. The molecule has 0 unspecified atom stereocenters. The first-order valence-electron chi connectivity index (χ1n) is 8.62. The lowest BCUT2D eigenvalue weighted by Crippen LogP contribution is -2.42. The predicted octanol–water partition coefficient (Wildman–Crippen LogP) is 2.91. The molecule has 0 radical (unpaired) electrons. The average molecular weight is 315 g/mol. The number of rotatable bonds is 9. The molecule has 1 aromatic carbocycles. The summed E-state index contributed by atoms with van der Waals surface area (Å²) in [6.45, 7) is 2.56. The van der Waals surface area contributed by atoms with Gasteiger partial charge >= 0.3 is 0 Å². The third-order valence-corrected chi connectivity index (χ3v) is 3.96. The van der Waals surface area contributed by atoms with Gasteiger partial charge in [0, 0.05) is 26.2 Å². The summed E-state index contributed by atoms with van der Waals surface area (Å²) >= 11 is 0. The summed E-state index contributed by atoms with van der Waals surface area (Å²) in [4.78, 5) is 4.27. The summed E-state index contributed by atoms with van der Waals surface area (Å²) in [7, 11) is 1.82. The quantitative estimate of drug-likeness (QED) is 0.319. The van der Waals surface area contributed by atoms with Crippen LogP contribution in [0.2, 0.25) is 0 Å². The normalized spacial score (nSPS) is 15.1. The summed E-state index contributed by atoms with van der Waals surface area (Å²) in [6, 6.07) is 11.0. The topological polar surface area (TPSA) is 45.7 Å². The Kier molecular flexibility index (Phi) is 8.27. The Morgan fingerprint density at radius 1 is 1.13 bits per heavy atom. The van der Waals surface area contributed by atoms with Gasteiger partial charge in [-0.15, -0.1) is 0 Å². The Bertz CT molecular complexity index is 477. The highest BCUT2D eigenvalue weighted by atomic mass is 16.5. The van der Waals surface area contributed by atoms with Gasteiger partial charge in [0.25, 0.3) is 0 Å². The summed E-state index contributed by atoms with van der Waals surface area (Å²) in [5.41, 5.74) is 1.34. The standard InChI is InChI=1S/C19H29N3O/c1-20-19(22-18-11-5-6-12-18)21-14-7-8-15-23-16-13-17-9-3-2-4-10-17/h2-6,9-10,18H,7-8,11-16H2,1H3,(H2,20,21,22). The van der Waals surface area contributed by atoms with E-state index in [-0.39, 0.29) is 0 Å². The van der Waals surface area contributed by atoms with E-state index in [4.69, 9.17) is 4.74 Å². The molecule has 0 atom stereocenters. The number of hydrogen-bond donors (Lipinski definition) is 2. The number of nitrogens with zero attached hydrogens (tertiary/aromatic N) is 1. The van der Waals surface area contributed by atoms with Crippen molar-refractivity contribution in [1.29, 1.82) is 0 Å². The van der Waals surface area contributed by atoms with Gasteiger partial charge in [0.05, 0.1) is 6.61 Å². The molecule has 1 aliphatic carbocycles. The molecule has 0 bridgehead atoms. The van der Waals surface area contributed by atoms with Crippen molar-refractivity contribution in [1.82, 2.24) is 10.6 Å². The Hall–Kier alpha value is -1.81. The van der Waals surface area contributed by atoms with Crippen molar-refractivity contribution in [2.24, 2.45) is 4.99 Å². The number of ether oxygens (including phenoxy) is 1. The Balaban J connectivity index is 1.44. The van der Waals surface area contributed by atoms with Gasteiger partial charge in [0.15, 0.2) is 5.96 Å². The van der Waals surface area contributed by atoms with Crippen molar-refractivity contribution < 1.29 is 4.74 Å². The Morgan fingerprint density at radius 2 is 1.91 bits per heavy atom. The van der Waals surface area contributed by atoms with Gasteiger partial charge in [-0.25, -0.2) is 0 Å². The molecule has 23 heavy (non-hydrogen) atoms. The van der Waals surface area contributed by atoms with Crippen LogP contribution in [-0.4, -0.2) is 38.8 Å². The molecule has 0 saturated heterocycles. The molecule has 0 saturated carbocycles. The number of aliphatic imine (C=N–C) groups is 1. The van der Waals surface area contributed by atoms with Crippen LogP contribution in [0.3, 0.4) is 0 Å². The largest absolute Gasteiger partial charge is 0.381 e. The van der Waals surface area contributed by atoms with E-state index in [0.717, 1.165) is 57.8 Å². The van der Waals surface area contributed by atoms with E-state index in [1.807, 2.05) is 13.1 Å². The van der Waals surface area contributed by atoms with E-state index >= 15 is 0 Å². The summed E-state index contributed by atoms with van der Waals surface area (Å²) in [5.74, 6) is 0.906. The van der Waals surface area contributed by atoms with Crippen LogP contribution in [0.25, 0.3) is 0 Å². The molecule has 0 aromatic heterocycles. The molecule has 2 N–H and O–H groups in total. The van der Waals surface area contributed by atoms with Crippen LogP contribution < -0.4 is 10.6 Å². The average Bonchev–Trinajstić information content (AvgIpc) is 3.10. The summed E-state index contributed by atoms with van der Waals surface area (Å²) in [5, 5.41) is 6.81. The highest BCUT2D eigenvalue weighted by molar-refractivity contribution is 5.80. The number of unbranched alkanes of at least 4 members (excludes halogenated alkanes) is 1. The first kappa shape index (κ1) is 17.5. The molecule has 2 rings (SSSR count). The molecule has 0 spiro atoms. The van der Waals surface area contributed by atoms with E-state index in [1.54, 1.807) is 0 Å². The fourth-order valence-electron chi connectivity index (χ4n) is 2.60. The molecule has 0 heterocycles. The smallest absolute Gasteiger partial charge is 0.191 e. The first-order valence-corrected chi connectivity index (χ1v) is 8.62. The lowest BCUT2D eigenvalue weighted by Gasteiger charge is -2.16. The molecule has 1 aromatic rings. The van der Waals surface area contributed by atoms with Crippen LogP contribution in [0.15, 0.2) is 47.5 Å². The van der Waals surface area contributed by atoms with E-state index in [2.05, 4.69) is 52.0 Å². The van der Waals surface area contributed by atoms with Gasteiger partial charge in [-0.2, -0.15) is 0 Å². The fourth-order valence-corrected chi connectivity index (χ4v) is 2.60. The van der Waals surface area contributed by atoms with E-state index < -0.39 is 0 Å². The van der Waals surface area contributed by atoms with Gasteiger partial charge in [0.2, 0.25) is 0 Å². The zero-order valence-electron chi connectivity index (χ0n) is 14.1. The minimum atomic E-state index is 0.502. The molecular formula is C19H29N3O. The van der Waals surface area contributed by atoms with Gasteiger partial charge in [-0.05, 0) is 37.7 Å². The van der Waals surface area contributed by atoms with Gasteiger partial charge in [0.1, 0.15) is 0 Å². The molecule has 1 aliphatic rings. The highest BCUT2D eigenvalue weighted by Gasteiger charge is 2.10. The lowest BCUT2D eigenvalue weighted by atomic mass is 10.2. The van der Waals surface area contributed by atoms with E-state index in [0.29, 0.717) is 6.04 Å². The maximum absolute atomic E-state index is 5.70. The van der Waals surface area contributed by atoms with Gasteiger partial charge in [-0.3, -0.25) is 4.99 Å². The minimum Gasteiger partial charge on any atom is -0.381 e. The second-order valence-electron chi connectivity index (χ2n) is 5.84. The Labute approximate surface area is 140 Å². The number of guanidine groups is 1. The number of nitrogens with one attached hydrogen (secondary N) is 2. The van der Waals surface area contributed by atoms with Crippen molar-refractivity contribution in [2.45, 2.75) is 38.1 Å². The molecule has 0 fully saturated rings. The van der Waals surface area contributed by atoms with Crippen molar-refractivity contribution >= 4 is 5.96 Å². The second kappa shape index (κ2) is 10.8. The van der Waals surface area contributed by atoms with Gasteiger partial charge < -0.3 is 15.4 Å². The van der Waals surface area contributed by atoms with Crippen LogP contribution in [0.1, 0.15) is 31.2 Å². The summed E-state index contributed by atoms with van der Waals surface area (Å²) in [6.07, 6.45) is 9.78. The van der Waals surface area contributed by atoms with Crippen LogP contribution >= 0.6 is 0 Å². The first-order chi connectivity index (χ1) is 11.4. The zero-order chi connectivity index (χ0) is 16.2. The van der Waals surface area contributed by atoms with Crippen molar-refractivity contribution in [3.05, 3.63) is 48.0 Å². The lowest BCUT2D eigenvalue weighted by molar-refractivity contribution is 0.133. The minimum absolute atomic E-state index is 0.502. The molecule has 0 amide bonds. The highest BCUT2D eigenvalue weighted by Crippen LogP contribution is 2.08. The van der Waals surface area contributed by atoms with Crippen molar-refractivity contribution in [3.63, 3.8) is 0 Å². The van der Waals surface area contributed by atoms with E-state index in [1.165, 1.54) is 5.56 Å². The summed E-state index contributed by atoms with van der Waals surface area (Å²) < 4.78 is 5.70. The molecule has 0 aliphatic heterocycles. The molecular weight excluding hydrogens is 286 g/mol. The number of hydrogen-bond acceptors (Lipinski definition) is 2. The zero-order valence-corrected chi connectivity index (χ0v) is 14.1. The van der Waals surface area contributed by atoms with E-state index in [9.17, 15) is 0 Å². The fraction of sp³-hybridized carbons (Fsp3) is 0.526. The maximum atomic E-state index is 5.70.